The van der Waals surface area contributed by atoms with Gasteiger partial charge in [-0.15, -0.1) is 11.8 Å². The largest absolute Gasteiger partial charge is 0.454 e. The van der Waals surface area contributed by atoms with E-state index in [0.29, 0.717) is 28.5 Å². The first-order valence-corrected chi connectivity index (χ1v) is 11.5. The van der Waals surface area contributed by atoms with Gasteiger partial charge in [0.15, 0.2) is 11.5 Å². The van der Waals surface area contributed by atoms with Crippen LogP contribution in [0.1, 0.15) is 33.8 Å². The van der Waals surface area contributed by atoms with Crippen molar-refractivity contribution in [1.82, 2.24) is 0 Å². The van der Waals surface area contributed by atoms with Crippen molar-refractivity contribution in [3.8, 4) is 11.5 Å². The maximum absolute atomic E-state index is 12.7. The summed E-state index contributed by atoms with van der Waals surface area (Å²) in [7, 11) is 0. The highest BCUT2D eigenvalue weighted by Gasteiger charge is 2.35. The highest BCUT2D eigenvalue weighted by Crippen LogP contribution is 2.45. The Bertz CT molecular complexity index is 1180. The summed E-state index contributed by atoms with van der Waals surface area (Å²) in [4.78, 5) is 27.2. The van der Waals surface area contributed by atoms with Gasteiger partial charge in [-0.1, -0.05) is 31.2 Å². The van der Waals surface area contributed by atoms with E-state index in [1.165, 1.54) is 5.56 Å². The lowest BCUT2D eigenvalue weighted by atomic mass is 10.1. The molecule has 2 aliphatic heterocycles. The number of aryl methyl sites for hydroxylation is 1. The van der Waals surface area contributed by atoms with E-state index in [2.05, 4.69) is 12.2 Å². The predicted molar refractivity (Wildman–Crippen MR) is 125 cm³/mol. The van der Waals surface area contributed by atoms with Crippen LogP contribution in [0.15, 0.2) is 66.7 Å². The van der Waals surface area contributed by atoms with Gasteiger partial charge in [-0.3, -0.25) is 14.5 Å². The van der Waals surface area contributed by atoms with Crippen LogP contribution >= 0.6 is 11.8 Å². The Balaban J connectivity index is 1.38. The zero-order valence-corrected chi connectivity index (χ0v) is 18.4. The van der Waals surface area contributed by atoms with Gasteiger partial charge in [0, 0.05) is 23.0 Å². The molecule has 0 spiro atoms. The van der Waals surface area contributed by atoms with Crippen molar-refractivity contribution in [2.45, 2.75) is 18.7 Å². The fraction of sp³-hybridized carbons (Fsp3) is 0.200. The molecule has 1 atom stereocenters. The minimum Gasteiger partial charge on any atom is -0.454 e. The fourth-order valence-electron chi connectivity index (χ4n) is 3.85. The Morgan fingerprint density at radius 2 is 1.88 bits per heavy atom. The number of carbonyl (C=O) groups excluding carboxylic acids is 2. The van der Waals surface area contributed by atoms with E-state index in [4.69, 9.17) is 9.47 Å². The molecular formula is C25H22N2O4S. The quantitative estimate of drug-likeness (QED) is 0.597. The molecule has 32 heavy (non-hydrogen) atoms. The molecule has 2 heterocycles. The summed E-state index contributed by atoms with van der Waals surface area (Å²) in [5, 5.41) is 2.78. The van der Waals surface area contributed by atoms with E-state index in [0.717, 1.165) is 17.7 Å². The Morgan fingerprint density at radius 1 is 1.06 bits per heavy atom. The van der Waals surface area contributed by atoms with Gasteiger partial charge in [-0.25, -0.2) is 0 Å². The van der Waals surface area contributed by atoms with Crippen molar-refractivity contribution in [3.63, 3.8) is 0 Å². The summed E-state index contributed by atoms with van der Waals surface area (Å²) >= 11 is 1.56. The first kappa shape index (κ1) is 20.5. The van der Waals surface area contributed by atoms with Gasteiger partial charge < -0.3 is 14.8 Å². The third-order valence-corrected chi connectivity index (χ3v) is 6.77. The molecule has 162 valence electrons. The first-order valence-electron chi connectivity index (χ1n) is 10.5. The second-order valence-electron chi connectivity index (χ2n) is 7.59. The lowest BCUT2D eigenvalue weighted by Gasteiger charge is -2.25. The summed E-state index contributed by atoms with van der Waals surface area (Å²) in [5.41, 5.74) is 4.20. The molecule has 0 aliphatic carbocycles. The minimum atomic E-state index is -0.191. The standard InChI is InChI=1S/C25H22N2O4S/c1-2-16-6-8-17(9-7-16)24(29)26-19-5-3-4-18(12-19)25-27(23(28)14-32-25)20-10-11-21-22(13-20)31-15-30-21/h3-13,25H,2,14-15H2,1H3,(H,26,29)/t25-/m1/s1. The van der Waals surface area contributed by atoms with Gasteiger partial charge in [0.1, 0.15) is 5.37 Å². The molecule has 1 N–H and O–H groups in total. The predicted octanol–water partition coefficient (Wildman–Crippen LogP) is 5.01. The molecule has 3 aromatic carbocycles. The number of amides is 2. The van der Waals surface area contributed by atoms with Crippen LogP contribution in [-0.4, -0.2) is 24.4 Å². The Hall–Kier alpha value is -3.45. The molecule has 1 saturated heterocycles. The van der Waals surface area contributed by atoms with Crippen LogP contribution in [0.2, 0.25) is 0 Å². The van der Waals surface area contributed by atoms with Crippen LogP contribution in [-0.2, 0) is 11.2 Å². The second kappa shape index (κ2) is 8.59. The minimum absolute atomic E-state index is 0.0318. The molecule has 0 radical (unpaired) electrons. The van der Waals surface area contributed by atoms with Crippen LogP contribution in [0.5, 0.6) is 11.5 Å². The van der Waals surface area contributed by atoms with Crippen molar-refractivity contribution >= 4 is 35.0 Å². The Labute approximate surface area is 190 Å². The van der Waals surface area contributed by atoms with Gasteiger partial charge >= 0.3 is 0 Å². The van der Waals surface area contributed by atoms with Gasteiger partial charge in [0.05, 0.1) is 5.75 Å². The van der Waals surface area contributed by atoms with E-state index in [1.54, 1.807) is 16.7 Å². The molecule has 1 fully saturated rings. The van der Waals surface area contributed by atoms with Crippen LogP contribution < -0.4 is 19.7 Å². The third kappa shape index (κ3) is 3.91. The van der Waals surface area contributed by atoms with Crippen molar-refractivity contribution in [1.29, 1.82) is 0 Å². The molecule has 2 aliphatic rings. The van der Waals surface area contributed by atoms with E-state index in [1.807, 2.05) is 66.7 Å². The van der Waals surface area contributed by atoms with Crippen LogP contribution in [0.3, 0.4) is 0 Å². The van der Waals surface area contributed by atoms with E-state index in [-0.39, 0.29) is 24.0 Å². The summed E-state index contributed by atoms with van der Waals surface area (Å²) in [6.07, 6.45) is 0.932. The molecule has 0 aromatic heterocycles. The molecule has 2 amide bonds. The number of ether oxygens (including phenoxy) is 2. The molecule has 0 saturated carbocycles. The lowest BCUT2D eigenvalue weighted by Crippen LogP contribution is -2.27. The number of carbonyl (C=O) groups is 2. The van der Waals surface area contributed by atoms with Crippen molar-refractivity contribution in [3.05, 3.63) is 83.4 Å². The summed E-state index contributed by atoms with van der Waals surface area (Å²) in [6, 6.07) is 20.8. The molecule has 6 nitrogen and oxygen atoms in total. The average molecular weight is 447 g/mol. The highest BCUT2D eigenvalue weighted by atomic mass is 32.2. The van der Waals surface area contributed by atoms with Crippen molar-refractivity contribution < 1.29 is 19.1 Å². The van der Waals surface area contributed by atoms with Gasteiger partial charge in [0.25, 0.3) is 5.91 Å². The molecule has 0 bridgehead atoms. The molecule has 7 heteroatoms. The van der Waals surface area contributed by atoms with Crippen molar-refractivity contribution in [2.24, 2.45) is 0 Å². The monoisotopic (exact) mass is 446 g/mol. The molecule has 3 aromatic rings. The van der Waals surface area contributed by atoms with Crippen molar-refractivity contribution in [2.75, 3.05) is 22.8 Å². The average Bonchev–Trinajstić information content (AvgIpc) is 3.45. The smallest absolute Gasteiger partial charge is 0.255 e. The first-order chi connectivity index (χ1) is 15.6. The number of anilines is 2. The number of nitrogens with one attached hydrogen (secondary N) is 1. The molecule has 5 rings (SSSR count). The second-order valence-corrected chi connectivity index (χ2v) is 8.66. The van der Waals surface area contributed by atoms with Gasteiger partial charge in [0.2, 0.25) is 12.7 Å². The number of thioether (sulfide) groups is 1. The lowest BCUT2D eigenvalue weighted by molar-refractivity contribution is -0.115. The number of hydrogen-bond donors (Lipinski definition) is 1. The SMILES string of the molecule is CCc1ccc(C(=O)Nc2cccc([C@H]3SCC(=O)N3c3ccc4c(c3)OCO4)c2)cc1. The number of fused-ring (bicyclic) bond motifs is 1. The highest BCUT2D eigenvalue weighted by molar-refractivity contribution is 8.00. The van der Waals surface area contributed by atoms with Gasteiger partial charge in [-0.2, -0.15) is 0 Å². The van der Waals surface area contributed by atoms with E-state index >= 15 is 0 Å². The zero-order chi connectivity index (χ0) is 22.1. The summed E-state index contributed by atoms with van der Waals surface area (Å²) < 4.78 is 10.9. The normalized spacial score (nSPS) is 17.0. The fourth-order valence-corrected chi connectivity index (χ4v) is 5.02. The van der Waals surface area contributed by atoms with Crippen LogP contribution in [0.25, 0.3) is 0 Å². The zero-order valence-electron chi connectivity index (χ0n) is 17.5. The maximum Gasteiger partial charge on any atom is 0.255 e. The van der Waals surface area contributed by atoms with E-state index < -0.39 is 0 Å². The third-order valence-electron chi connectivity index (χ3n) is 5.56. The topological polar surface area (TPSA) is 67.9 Å². The number of nitrogens with zero attached hydrogens (tertiary/aromatic N) is 1. The van der Waals surface area contributed by atoms with Crippen LogP contribution in [0.4, 0.5) is 11.4 Å². The number of hydrogen-bond acceptors (Lipinski definition) is 5. The van der Waals surface area contributed by atoms with E-state index in [9.17, 15) is 9.59 Å². The summed E-state index contributed by atoms with van der Waals surface area (Å²) in [5.74, 6) is 1.58. The number of rotatable bonds is 5. The number of benzene rings is 3. The molecular weight excluding hydrogens is 424 g/mol. The van der Waals surface area contributed by atoms with Crippen LogP contribution in [0, 0.1) is 0 Å². The molecule has 0 unspecified atom stereocenters. The summed E-state index contributed by atoms with van der Waals surface area (Å²) in [6.45, 7) is 2.27. The Morgan fingerprint density at radius 3 is 2.69 bits per heavy atom. The van der Waals surface area contributed by atoms with Gasteiger partial charge in [-0.05, 0) is 53.9 Å². The maximum atomic E-state index is 12.7. The Kier molecular flexibility index (Phi) is 5.49.